The maximum atomic E-state index is 10.8. The summed E-state index contributed by atoms with van der Waals surface area (Å²) >= 11 is 8.95. The molecule has 0 atom stereocenters. The summed E-state index contributed by atoms with van der Waals surface area (Å²) in [6, 6.07) is 0. The van der Waals surface area contributed by atoms with E-state index in [0.29, 0.717) is 10.7 Å². The van der Waals surface area contributed by atoms with Gasteiger partial charge in [-0.05, 0) is 12.8 Å². The Morgan fingerprint density at radius 2 is 0.743 bits per heavy atom. The summed E-state index contributed by atoms with van der Waals surface area (Å²) in [5.74, 6) is 0. The van der Waals surface area contributed by atoms with Crippen molar-refractivity contribution in [2.24, 2.45) is 0 Å². The third-order valence-corrected chi connectivity index (χ3v) is 8.10. The van der Waals surface area contributed by atoms with Gasteiger partial charge < -0.3 is 15.1 Å². The lowest BCUT2D eigenvalue weighted by atomic mass is 10.0. The second-order valence-corrected chi connectivity index (χ2v) is 13.4. The highest BCUT2D eigenvalue weighted by atomic mass is 32.1. The number of nitrogens with one attached hydrogen (secondary N) is 1. The van der Waals surface area contributed by atoms with E-state index in [0.717, 1.165) is 19.4 Å². The van der Waals surface area contributed by atoms with E-state index in [2.05, 4.69) is 17.9 Å². The van der Waals surface area contributed by atoms with E-state index in [1.807, 2.05) is 0 Å². The molecule has 0 heterocycles. The summed E-state index contributed by atoms with van der Waals surface area (Å²) in [6.45, 7) is 0.972. The zero-order chi connectivity index (χ0) is 25.9. The summed E-state index contributed by atoms with van der Waals surface area (Å²) < 4.78 is 11.4. The molecule has 0 aromatic rings. The van der Waals surface area contributed by atoms with Crippen molar-refractivity contribution in [2.45, 2.75) is 161 Å². The molecule has 0 saturated carbocycles. The van der Waals surface area contributed by atoms with E-state index in [1.54, 1.807) is 0 Å². The van der Waals surface area contributed by atoms with Crippen molar-refractivity contribution >= 4 is 36.8 Å². The van der Waals surface area contributed by atoms with Crippen molar-refractivity contribution < 1.29 is 14.4 Å². The first-order valence-electron chi connectivity index (χ1n) is 14.9. The summed E-state index contributed by atoms with van der Waals surface area (Å²) in [4.78, 5) is 17.7. The van der Waals surface area contributed by atoms with Gasteiger partial charge in [0, 0.05) is 12.7 Å². The lowest BCUT2D eigenvalue weighted by Crippen LogP contribution is -2.17. The molecule has 210 valence electrons. The molecular formula is C28H58NO3PS2. The molecule has 0 unspecified atom stereocenters. The molecule has 0 bridgehead atoms. The largest absolute Gasteiger partial charge is 0.371 e. The minimum atomic E-state index is -3.77. The van der Waals surface area contributed by atoms with Crippen LogP contribution in [0.4, 0.5) is 0 Å². The SMILES string of the molecule is O=P(O)(O)CCCCCCCCCCCCCCCCCCCCCCCCCCCNC(=S)S. The van der Waals surface area contributed by atoms with E-state index in [1.165, 1.54) is 141 Å². The quantitative estimate of drug-likeness (QED) is 0.0337. The van der Waals surface area contributed by atoms with Crippen LogP contribution in [0.15, 0.2) is 0 Å². The van der Waals surface area contributed by atoms with Crippen LogP contribution in [0.5, 0.6) is 0 Å². The van der Waals surface area contributed by atoms with E-state index < -0.39 is 7.60 Å². The van der Waals surface area contributed by atoms with Crippen LogP contribution in [0.3, 0.4) is 0 Å². The number of unbranched alkanes of at least 4 members (excludes halogenated alkanes) is 24. The van der Waals surface area contributed by atoms with Crippen LogP contribution in [0.1, 0.15) is 161 Å². The predicted octanol–water partition coefficient (Wildman–Crippen LogP) is 9.72. The number of thiocarbonyl (C=S) groups is 1. The van der Waals surface area contributed by atoms with Gasteiger partial charge in [0.05, 0.1) is 0 Å². The van der Waals surface area contributed by atoms with Crippen LogP contribution in [-0.2, 0) is 4.57 Å². The number of rotatable bonds is 28. The van der Waals surface area contributed by atoms with Crippen LogP contribution in [0, 0.1) is 0 Å². The second-order valence-electron chi connectivity index (χ2n) is 10.5. The molecule has 0 spiro atoms. The van der Waals surface area contributed by atoms with E-state index >= 15 is 0 Å². The lowest BCUT2D eigenvalue weighted by molar-refractivity contribution is 0.370. The molecule has 0 amide bonds. The molecule has 0 aromatic heterocycles. The van der Waals surface area contributed by atoms with Gasteiger partial charge in [0.15, 0.2) is 0 Å². The number of hydrogen-bond acceptors (Lipinski definition) is 2. The van der Waals surface area contributed by atoms with Crippen LogP contribution < -0.4 is 5.32 Å². The molecular weight excluding hydrogens is 493 g/mol. The highest BCUT2D eigenvalue weighted by Crippen LogP contribution is 2.35. The Hall–Kier alpha value is 0.390. The first-order chi connectivity index (χ1) is 16.9. The Bertz CT molecular complexity index is 503. The normalized spacial score (nSPS) is 11.7. The Kier molecular flexibility index (Phi) is 27.7. The first kappa shape index (κ1) is 35.4. The van der Waals surface area contributed by atoms with Crippen molar-refractivity contribution in [3.05, 3.63) is 0 Å². The molecule has 0 saturated heterocycles. The molecule has 4 nitrogen and oxygen atoms in total. The van der Waals surface area contributed by atoms with Crippen LogP contribution in [0.2, 0.25) is 0 Å². The zero-order valence-electron chi connectivity index (χ0n) is 22.7. The molecule has 35 heavy (non-hydrogen) atoms. The third-order valence-electron chi connectivity index (χ3n) is 6.90. The highest BCUT2D eigenvalue weighted by Gasteiger charge is 2.10. The molecule has 0 fully saturated rings. The van der Waals surface area contributed by atoms with Crippen molar-refractivity contribution in [2.75, 3.05) is 12.7 Å². The Morgan fingerprint density at radius 3 is 0.971 bits per heavy atom. The predicted molar refractivity (Wildman–Crippen MR) is 162 cm³/mol. The van der Waals surface area contributed by atoms with Gasteiger partial charge in [-0.2, -0.15) is 0 Å². The minimum absolute atomic E-state index is 0.0567. The van der Waals surface area contributed by atoms with Gasteiger partial charge >= 0.3 is 7.60 Å². The van der Waals surface area contributed by atoms with Crippen molar-refractivity contribution in [3.8, 4) is 0 Å². The summed E-state index contributed by atoms with van der Waals surface area (Å²) in [5, 5.41) is 3.10. The van der Waals surface area contributed by atoms with Crippen molar-refractivity contribution in [1.82, 2.24) is 5.32 Å². The maximum absolute atomic E-state index is 10.8. The average Bonchev–Trinajstić information content (AvgIpc) is 2.80. The Balaban J connectivity index is 3.05. The van der Waals surface area contributed by atoms with Crippen molar-refractivity contribution in [1.29, 1.82) is 0 Å². The van der Waals surface area contributed by atoms with Gasteiger partial charge in [-0.15, -0.1) is 12.6 Å². The lowest BCUT2D eigenvalue weighted by Gasteiger charge is -2.05. The topological polar surface area (TPSA) is 69.6 Å². The van der Waals surface area contributed by atoms with Gasteiger partial charge in [0.2, 0.25) is 0 Å². The van der Waals surface area contributed by atoms with Gasteiger partial charge in [0.1, 0.15) is 4.32 Å². The highest BCUT2D eigenvalue weighted by molar-refractivity contribution is 8.11. The fourth-order valence-corrected chi connectivity index (χ4v) is 5.55. The number of hydrogen-bond donors (Lipinski definition) is 4. The van der Waals surface area contributed by atoms with E-state index in [9.17, 15) is 4.57 Å². The van der Waals surface area contributed by atoms with Crippen molar-refractivity contribution in [3.63, 3.8) is 0 Å². The van der Waals surface area contributed by atoms with E-state index in [-0.39, 0.29) is 6.16 Å². The summed E-state index contributed by atoms with van der Waals surface area (Å²) in [5.41, 5.74) is 0. The molecule has 0 aromatic carbocycles. The molecule has 0 aliphatic carbocycles. The number of thiol groups is 1. The monoisotopic (exact) mass is 551 g/mol. The molecule has 3 N–H and O–H groups in total. The fourth-order valence-electron chi connectivity index (χ4n) is 4.70. The molecule has 0 aliphatic heterocycles. The third kappa shape index (κ3) is 34.4. The summed E-state index contributed by atoms with van der Waals surface area (Å²) in [6.07, 6.45) is 33.1. The fraction of sp³-hybridized carbons (Fsp3) is 0.964. The van der Waals surface area contributed by atoms with Gasteiger partial charge in [-0.25, -0.2) is 0 Å². The van der Waals surface area contributed by atoms with Gasteiger partial charge in [-0.3, -0.25) is 4.57 Å². The Labute approximate surface area is 229 Å². The van der Waals surface area contributed by atoms with Gasteiger partial charge in [0.25, 0.3) is 0 Å². The minimum Gasteiger partial charge on any atom is -0.371 e. The standard InChI is InChI=1S/C28H58NO3PS2/c30-33(31,32)27-25-23-21-19-17-15-13-11-9-7-5-3-1-2-4-6-8-10-12-14-16-18-20-22-24-26-29-28(34)35/h1-27H2,(H2,29,34,35)(H2,30,31,32). The smallest absolute Gasteiger partial charge is 0.325 e. The zero-order valence-corrected chi connectivity index (χ0v) is 25.3. The van der Waals surface area contributed by atoms with Crippen LogP contribution in [0.25, 0.3) is 0 Å². The summed E-state index contributed by atoms with van der Waals surface area (Å²) in [7, 11) is -3.77. The molecule has 0 aliphatic rings. The van der Waals surface area contributed by atoms with Crippen LogP contribution >= 0.6 is 32.4 Å². The van der Waals surface area contributed by atoms with Gasteiger partial charge in [-0.1, -0.05) is 160 Å². The maximum Gasteiger partial charge on any atom is 0.325 e. The second kappa shape index (κ2) is 27.4. The average molecular weight is 552 g/mol. The molecule has 0 radical (unpaired) electrons. The molecule has 7 heteroatoms. The first-order valence-corrected chi connectivity index (χ1v) is 17.6. The van der Waals surface area contributed by atoms with Crippen LogP contribution in [-0.4, -0.2) is 26.8 Å². The Morgan fingerprint density at radius 1 is 0.514 bits per heavy atom. The van der Waals surface area contributed by atoms with E-state index in [4.69, 9.17) is 22.0 Å². The molecule has 0 rings (SSSR count).